The van der Waals surface area contributed by atoms with Gasteiger partial charge in [-0.15, -0.1) is 0 Å². The van der Waals surface area contributed by atoms with Crippen molar-refractivity contribution in [2.24, 2.45) is 0 Å². The van der Waals surface area contributed by atoms with Crippen LogP contribution in [0.2, 0.25) is 0 Å². The second-order valence-electron chi connectivity index (χ2n) is 5.46. The molecule has 0 atom stereocenters. The third-order valence-electron chi connectivity index (χ3n) is 3.59. The number of aromatic nitrogens is 1. The molecule has 1 N–H and O–H groups in total. The first-order valence-corrected chi connectivity index (χ1v) is 8.65. The van der Waals surface area contributed by atoms with Gasteiger partial charge in [-0.2, -0.15) is 0 Å². The van der Waals surface area contributed by atoms with E-state index in [-0.39, 0.29) is 5.91 Å². The molecule has 3 aromatic rings. The molecule has 0 bridgehead atoms. The second-order valence-corrected chi connectivity index (χ2v) is 6.37. The molecule has 0 aliphatic rings. The highest BCUT2D eigenvalue weighted by atomic mass is 79.9. The number of hydrogen-bond donors (Lipinski definition) is 1. The fraction of sp³-hybridized carbons (Fsp3) is 0.100. The molecule has 0 radical (unpaired) electrons. The second kappa shape index (κ2) is 8.44. The quantitative estimate of drug-likeness (QED) is 0.673. The lowest BCUT2D eigenvalue weighted by Crippen LogP contribution is -2.23. The summed E-state index contributed by atoms with van der Waals surface area (Å²) >= 11 is 3.44. The summed E-state index contributed by atoms with van der Waals surface area (Å²) in [5, 5.41) is 2.90. The summed E-state index contributed by atoms with van der Waals surface area (Å²) in [5.74, 6) is 0.389. The summed E-state index contributed by atoms with van der Waals surface area (Å²) < 4.78 is 6.85. The Bertz CT molecular complexity index is 853. The molecule has 1 aromatic heterocycles. The zero-order valence-electron chi connectivity index (χ0n) is 13.5. The average Bonchev–Trinajstić information content (AvgIpc) is 2.65. The van der Waals surface area contributed by atoms with Gasteiger partial charge in [0.15, 0.2) is 0 Å². The molecule has 1 amide bonds. The van der Waals surface area contributed by atoms with Crippen molar-refractivity contribution < 1.29 is 9.53 Å². The Morgan fingerprint density at radius 1 is 1.04 bits per heavy atom. The van der Waals surface area contributed by atoms with Crippen LogP contribution in [0.5, 0.6) is 5.75 Å². The highest BCUT2D eigenvalue weighted by Gasteiger charge is 2.12. The van der Waals surface area contributed by atoms with Crippen LogP contribution in [-0.4, -0.2) is 10.9 Å². The molecule has 25 heavy (non-hydrogen) atoms. The monoisotopic (exact) mass is 396 g/mol. The normalized spacial score (nSPS) is 10.3. The smallest absolute Gasteiger partial charge is 0.255 e. The Morgan fingerprint density at radius 3 is 2.68 bits per heavy atom. The van der Waals surface area contributed by atoms with Crippen molar-refractivity contribution in [1.29, 1.82) is 0 Å². The number of rotatable bonds is 6. The van der Waals surface area contributed by atoms with E-state index in [1.807, 2.05) is 48.5 Å². The maximum absolute atomic E-state index is 12.5. The minimum Gasteiger partial charge on any atom is -0.488 e. The first kappa shape index (κ1) is 17.2. The molecular weight excluding hydrogens is 380 g/mol. The molecular formula is C20H17BrN2O2. The number of hydrogen-bond acceptors (Lipinski definition) is 3. The van der Waals surface area contributed by atoms with Crippen molar-refractivity contribution in [2.45, 2.75) is 13.2 Å². The maximum atomic E-state index is 12.5. The summed E-state index contributed by atoms with van der Waals surface area (Å²) in [6.07, 6.45) is 3.44. The molecule has 0 spiro atoms. The van der Waals surface area contributed by atoms with E-state index >= 15 is 0 Å². The SMILES string of the molecule is O=C(NCc1cccnc1)c1ccccc1OCc1cccc(Br)c1. The summed E-state index contributed by atoms with van der Waals surface area (Å²) in [6.45, 7) is 0.818. The lowest BCUT2D eigenvalue weighted by Gasteiger charge is -2.12. The lowest BCUT2D eigenvalue weighted by molar-refractivity contribution is 0.0946. The maximum Gasteiger partial charge on any atom is 0.255 e. The van der Waals surface area contributed by atoms with E-state index in [0.717, 1.165) is 15.6 Å². The van der Waals surface area contributed by atoms with Gasteiger partial charge in [-0.25, -0.2) is 0 Å². The molecule has 5 heteroatoms. The summed E-state index contributed by atoms with van der Waals surface area (Å²) in [5.41, 5.74) is 2.49. The molecule has 0 aliphatic heterocycles. The fourth-order valence-electron chi connectivity index (χ4n) is 2.35. The standard InChI is InChI=1S/C20H17BrN2O2/c21-17-7-3-5-15(11-17)14-25-19-9-2-1-8-18(19)20(24)23-13-16-6-4-10-22-12-16/h1-12H,13-14H2,(H,23,24). The number of carbonyl (C=O) groups excluding carboxylic acids is 1. The van der Waals surface area contributed by atoms with Gasteiger partial charge in [-0.3, -0.25) is 9.78 Å². The molecule has 0 unspecified atom stereocenters. The Balaban J connectivity index is 1.66. The topological polar surface area (TPSA) is 51.2 Å². The number of halogens is 1. The van der Waals surface area contributed by atoms with Crippen LogP contribution in [-0.2, 0) is 13.2 Å². The van der Waals surface area contributed by atoms with Gasteiger partial charge in [0, 0.05) is 23.4 Å². The van der Waals surface area contributed by atoms with Gasteiger partial charge in [-0.05, 0) is 41.5 Å². The molecule has 1 heterocycles. The molecule has 0 saturated carbocycles. The largest absolute Gasteiger partial charge is 0.488 e. The number of nitrogens with zero attached hydrogens (tertiary/aromatic N) is 1. The number of benzene rings is 2. The molecule has 4 nitrogen and oxygen atoms in total. The molecule has 126 valence electrons. The number of amides is 1. The van der Waals surface area contributed by atoms with Crippen LogP contribution in [0.15, 0.2) is 77.5 Å². The van der Waals surface area contributed by atoms with Crippen LogP contribution < -0.4 is 10.1 Å². The van der Waals surface area contributed by atoms with E-state index in [2.05, 4.69) is 26.2 Å². The number of para-hydroxylation sites is 1. The van der Waals surface area contributed by atoms with Gasteiger partial charge >= 0.3 is 0 Å². The van der Waals surface area contributed by atoms with E-state index in [1.54, 1.807) is 24.5 Å². The van der Waals surface area contributed by atoms with Gasteiger partial charge in [0.1, 0.15) is 12.4 Å². The molecule has 3 rings (SSSR count). The highest BCUT2D eigenvalue weighted by Crippen LogP contribution is 2.20. The van der Waals surface area contributed by atoms with Crippen LogP contribution in [0, 0.1) is 0 Å². The van der Waals surface area contributed by atoms with E-state index in [1.165, 1.54) is 0 Å². The average molecular weight is 397 g/mol. The Hall–Kier alpha value is -2.66. The summed E-state index contributed by atoms with van der Waals surface area (Å²) in [4.78, 5) is 16.5. The van der Waals surface area contributed by atoms with Gasteiger partial charge < -0.3 is 10.1 Å². The Morgan fingerprint density at radius 2 is 1.88 bits per heavy atom. The van der Waals surface area contributed by atoms with Crippen molar-refractivity contribution in [1.82, 2.24) is 10.3 Å². The third kappa shape index (κ3) is 4.90. The zero-order chi connectivity index (χ0) is 17.5. The van der Waals surface area contributed by atoms with Gasteiger partial charge in [0.2, 0.25) is 0 Å². The Kier molecular flexibility index (Phi) is 5.80. The minimum absolute atomic E-state index is 0.173. The van der Waals surface area contributed by atoms with Gasteiger partial charge in [0.25, 0.3) is 5.91 Å². The first-order valence-electron chi connectivity index (χ1n) is 7.86. The van der Waals surface area contributed by atoms with Gasteiger partial charge in [0.05, 0.1) is 5.56 Å². The molecule has 0 saturated heterocycles. The van der Waals surface area contributed by atoms with Crippen molar-refractivity contribution >= 4 is 21.8 Å². The molecule has 0 fully saturated rings. The molecule has 2 aromatic carbocycles. The number of pyridine rings is 1. The first-order chi connectivity index (χ1) is 12.2. The van der Waals surface area contributed by atoms with E-state index in [9.17, 15) is 4.79 Å². The van der Waals surface area contributed by atoms with E-state index in [0.29, 0.717) is 24.5 Å². The number of ether oxygens (including phenoxy) is 1. The number of carbonyl (C=O) groups is 1. The van der Waals surface area contributed by atoms with Crippen LogP contribution in [0.3, 0.4) is 0 Å². The highest BCUT2D eigenvalue weighted by molar-refractivity contribution is 9.10. The summed E-state index contributed by atoms with van der Waals surface area (Å²) in [6, 6.07) is 18.9. The fourth-order valence-corrected chi connectivity index (χ4v) is 2.79. The van der Waals surface area contributed by atoms with Crippen LogP contribution in [0.4, 0.5) is 0 Å². The van der Waals surface area contributed by atoms with Crippen molar-refractivity contribution in [3.05, 3.63) is 94.2 Å². The predicted molar refractivity (Wildman–Crippen MR) is 100 cm³/mol. The third-order valence-corrected chi connectivity index (χ3v) is 4.08. The zero-order valence-corrected chi connectivity index (χ0v) is 15.1. The van der Waals surface area contributed by atoms with Crippen LogP contribution in [0.25, 0.3) is 0 Å². The van der Waals surface area contributed by atoms with Crippen LogP contribution in [0.1, 0.15) is 21.5 Å². The van der Waals surface area contributed by atoms with Crippen molar-refractivity contribution in [3.63, 3.8) is 0 Å². The minimum atomic E-state index is -0.173. The van der Waals surface area contributed by atoms with Crippen LogP contribution >= 0.6 is 15.9 Å². The lowest BCUT2D eigenvalue weighted by atomic mass is 10.1. The predicted octanol–water partition coefficient (Wildman–Crippen LogP) is 4.35. The summed E-state index contributed by atoms with van der Waals surface area (Å²) in [7, 11) is 0. The number of nitrogens with one attached hydrogen (secondary N) is 1. The van der Waals surface area contributed by atoms with E-state index in [4.69, 9.17) is 4.74 Å². The Labute approximate surface area is 155 Å². The van der Waals surface area contributed by atoms with Crippen molar-refractivity contribution in [3.8, 4) is 5.75 Å². The van der Waals surface area contributed by atoms with E-state index < -0.39 is 0 Å². The van der Waals surface area contributed by atoms with Gasteiger partial charge in [-0.1, -0.05) is 46.3 Å². The van der Waals surface area contributed by atoms with Crippen molar-refractivity contribution in [2.75, 3.05) is 0 Å². The molecule has 0 aliphatic carbocycles.